The van der Waals surface area contributed by atoms with Crippen LogP contribution in [0, 0.1) is 11.3 Å². The second-order valence-electron chi connectivity index (χ2n) is 5.54. The average molecular weight is 321 g/mol. The number of fused-ring (bicyclic) bond motifs is 1. The minimum Gasteiger partial charge on any atom is -0.439 e. The third kappa shape index (κ3) is 3.20. The summed E-state index contributed by atoms with van der Waals surface area (Å²) in [5, 5.41) is 12.9. The number of hydrogen-bond donors (Lipinski definition) is 1. The topological polar surface area (TPSA) is 87.6 Å². The van der Waals surface area contributed by atoms with E-state index in [0.717, 1.165) is 18.4 Å². The highest BCUT2D eigenvalue weighted by molar-refractivity contribution is 5.72. The molecule has 0 fully saturated rings. The summed E-state index contributed by atoms with van der Waals surface area (Å²) >= 11 is 0. The summed E-state index contributed by atoms with van der Waals surface area (Å²) in [6.07, 6.45) is 3.62. The van der Waals surface area contributed by atoms with E-state index in [1.165, 1.54) is 0 Å². The molecule has 0 saturated carbocycles. The molecular weight excluding hydrogens is 302 g/mol. The molecule has 2 aromatic heterocycles. The van der Waals surface area contributed by atoms with Crippen molar-refractivity contribution in [3.8, 4) is 6.07 Å². The van der Waals surface area contributed by atoms with Gasteiger partial charge in [-0.1, -0.05) is 26.0 Å². The molecule has 1 atom stereocenters. The third-order valence-corrected chi connectivity index (χ3v) is 3.98. The van der Waals surface area contributed by atoms with Crippen LogP contribution >= 0.6 is 0 Å². The summed E-state index contributed by atoms with van der Waals surface area (Å²) in [6.45, 7) is 4.23. The lowest BCUT2D eigenvalue weighted by Crippen LogP contribution is -2.19. The number of rotatable bonds is 6. The van der Waals surface area contributed by atoms with Crippen molar-refractivity contribution in [1.29, 1.82) is 5.26 Å². The maximum atomic E-state index is 9.59. The number of aromatic nitrogens is 3. The number of hydrogen-bond acceptors (Lipinski definition) is 6. The molecule has 1 aromatic carbocycles. The van der Waals surface area contributed by atoms with Crippen molar-refractivity contribution in [2.24, 2.45) is 0 Å². The van der Waals surface area contributed by atoms with Crippen LogP contribution in [-0.2, 0) is 0 Å². The highest BCUT2D eigenvalue weighted by Crippen LogP contribution is 2.26. The van der Waals surface area contributed by atoms with Crippen LogP contribution in [0.4, 0.5) is 5.95 Å². The Morgan fingerprint density at radius 1 is 1.17 bits per heavy atom. The molecular formula is C18H19N5O. The molecule has 2 heterocycles. The average Bonchev–Trinajstić information content (AvgIpc) is 3.04. The van der Waals surface area contributed by atoms with Gasteiger partial charge in [-0.2, -0.15) is 5.26 Å². The van der Waals surface area contributed by atoms with Gasteiger partial charge in [-0.05, 0) is 31.0 Å². The van der Waals surface area contributed by atoms with Crippen molar-refractivity contribution < 1.29 is 4.42 Å². The quantitative estimate of drug-likeness (QED) is 0.741. The van der Waals surface area contributed by atoms with Crippen molar-refractivity contribution in [2.45, 2.75) is 38.6 Å². The smallest absolute Gasteiger partial charge is 0.223 e. The molecule has 3 aromatic rings. The molecule has 0 bridgehead atoms. The largest absolute Gasteiger partial charge is 0.439 e. The second-order valence-corrected chi connectivity index (χ2v) is 5.54. The zero-order valence-corrected chi connectivity index (χ0v) is 13.7. The fourth-order valence-electron chi connectivity index (χ4n) is 2.54. The van der Waals surface area contributed by atoms with Gasteiger partial charge in [0.1, 0.15) is 5.52 Å². The maximum Gasteiger partial charge on any atom is 0.223 e. The zero-order valence-electron chi connectivity index (χ0n) is 13.7. The Balaban J connectivity index is 1.92. The summed E-state index contributed by atoms with van der Waals surface area (Å²) < 4.78 is 5.72. The van der Waals surface area contributed by atoms with E-state index in [-0.39, 0.29) is 0 Å². The van der Waals surface area contributed by atoms with E-state index in [9.17, 15) is 5.26 Å². The predicted octanol–water partition coefficient (Wildman–Crippen LogP) is 3.87. The van der Waals surface area contributed by atoms with Crippen LogP contribution in [0.2, 0.25) is 0 Å². The van der Waals surface area contributed by atoms with E-state index in [4.69, 9.17) is 4.42 Å². The van der Waals surface area contributed by atoms with Crippen molar-refractivity contribution >= 4 is 17.0 Å². The molecule has 6 nitrogen and oxygen atoms in total. The number of nitrogens with one attached hydrogen (secondary N) is 1. The Morgan fingerprint density at radius 2 is 1.96 bits per heavy atom. The molecule has 3 rings (SSSR count). The number of nitriles is 1. The maximum absolute atomic E-state index is 9.59. The van der Waals surface area contributed by atoms with Gasteiger partial charge in [0.05, 0.1) is 11.8 Å². The van der Waals surface area contributed by atoms with Crippen molar-refractivity contribution in [2.75, 3.05) is 5.32 Å². The molecule has 0 aliphatic heterocycles. The molecule has 0 radical (unpaired) electrons. The Kier molecular flexibility index (Phi) is 4.71. The van der Waals surface area contributed by atoms with Gasteiger partial charge in [-0.25, -0.2) is 15.0 Å². The highest BCUT2D eigenvalue weighted by atomic mass is 16.3. The molecule has 122 valence electrons. The predicted molar refractivity (Wildman–Crippen MR) is 91.5 cm³/mol. The van der Waals surface area contributed by atoms with Gasteiger partial charge in [-0.3, -0.25) is 0 Å². The Bertz CT molecular complexity index is 830. The van der Waals surface area contributed by atoms with Gasteiger partial charge < -0.3 is 9.73 Å². The monoisotopic (exact) mass is 321 g/mol. The molecule has 0 amide bonds. The van der Waals surface area contributed by atoms with Gasteiger partial charge in [-0.15, -0.1) is 0 Å². The van der Waals surface area contributed by atoms with E-state index in [1.54, 1.807) is 12.3 Å². The van der Waals surface area contributed by atoms with Gasteiger partial charge in [0.2, 0.25) is 11.8 Å². The van der Waals surface area contributed by atoms with Crippen LogP contribution in [0.25, 0.3) is 11.1 Å². The van der Waals surface area contributed by atoms with E-state index in [2.05, 4.69) is 40.2 Å². The number of para-hydroxylation sites is 2. The number of nitrogens with zero attached hydrogens (tertiary/aromatic N) is 4. The fourth-order valence-corrected chi connectivity index (χ4v) is 2.54. The molecule has 1 unspecified atom stereocenters. The Morgan fingerprint density at radius 3 is 2.67 bits per heavy atom. The first-order chi connectivity index (χ1) is 11.7. The summed E-state index contributed by atoms with van der Waals surface area (Å²) in [5.74, 6) is 0.214. The zero-order chi connectivity index (χ0) is 16.9. The SMILES string of the molecule is CCC(CC)Nc1nccc(C(C#N)c2nc3ccccc3o2)n1. The minimum absolute atomic E-state index is 0.310. The standard InChI is InChI=1S/C18H19N5O/c1-3-12(4-2)21-18-20-10-9-14(23-18)13(11-19)17-22-15-7-5-6-8-16(15)24-17/h5-10,12-13H,3-4H2,1-2H3,(H,20,21,23). The van der Waals surface area contributed by atoms with E-state index in [1.807, 2.05) is 24.3 Å². The van der Waals surface area contributed by atoms with Crippen LogP contribution in [0.1, 0.15) is 44.2 Å². The Labute approximate surface area is 140 Å². The van der Waals surface area contributed by atoms with Crippen LogP contribution in [0.5, 0.6) is 0 Å². The number of anilines is 1. The lowest BCUT2D eigenvalue weighted by Gasteiger charge is -2.15. The lowest BCUT2D eigenvalue weighted by molar-refractivity contribution is 0.525. The van der Waals surface area contributed by atoms with Crippen LogP contribution in [0.3, 0.4) is 0 Å². The number of oxazole rings is 1. The van der Waals surface area contributed by atoms with E-state index in [0.29, 0.717) is 29.2 Å². The molecule has 0 saturated heterocycles. The Hall–Kier alpha value is -2.94. The minimum atomic E-state index is -0.664. The van der Waals surface area contributed by atoms with E-state index < -0.39 is 5.92 Å². The van der Waals surface area contributed by atoms with Gasteiger partial charge in [0.15, 0.2) is 11.5 Å². The van der Waals surface area contributed by atoms with Crippen molar-refractivity contribution in [3.63, 3.8) is 0 Å². The lowest BCUT2D eigenvalue weighted by atomic mass is 10.1. The van der Waals surface area contributed by atoms with Crippen LogP contribution in [-0.4, -0.2) is 21.0 Å². The van der Waals surface area contributed by atoms with Crippen molar-refractivity contribution in [3.05, 3.63) is 48.1 Å². The second kappa shape index (κ2) is 7.09. The van der Waals surface area contributed by atoms with Crippen molar-refractivity contribution in [1.82, 2.24) is 15.0 Å². The first kappa shape index (κ1) is 15.9. The molecule has 6 heteroatoms. The molecule has 0 aliphatic carbocycles. The van der Waals surface area contributed by atoms with Gasteiger partial charge in [0.25, 0.3) is 0 Å². The summed E-state index contributed by atoms with van der Waals surface area (Å²) in [7, 11) is 0. The normalized spacial score (nSPS) is 12.2. The van der Waals surface area contributed by atoms with Gasteiger partial charge in [0, 0.05) is 12.2 Å². The first-order valence-corrected chi connectivity index (χ1v) is 8.09. The summed E-state index contributed by atoms with van der Waals surface area (Å²) in [4.78, 5) is 13.1. The summed E-state index contributed by atoms with van der Waals surface area (Å²) in [6, 6.07) is 11.7. The molecule has 0 spiro atoms. The van der Waals surface area contributed by atoms with Gasteiger partial charge >= 0.3 is 0 Å². The highest BCUT2D eigenvalue weighted by Gasteiger charge is 2.22. The molecule has 1 N–H and O–H groups in total. The molecule has 0 aliphatic rings. The fraction of sp³-hybridized carbons (Fsp3) is 0.333. The molecule has 24 heavy (non-hydrogen) atoms. The van der Waals surface area contributed by atoms with Crippen LogP contribution in [0.15, 0.2) is 40.9 Å². The summed E-state index contributed by atoms with van der Waals surface area (Å²) in [5.41, 5.74) is 1.97. The van der Waals surface area contributed by atoms with E-state index >= 15 is 0 Å². The van der Waals surface area contributed by atoms with Crippen LogP contribution < -0.4 is 5.32 Å². The number of benzene rings is 1. The third-order valence-electron chi connectivity index (χ3n) is 3.98. The first-order valence-electron chi connectivity index (χ1n) is 8.09.